The summed E-state index contributed by atoms with van der Waals surface area (Å²) in [6.07, 6.45) is -1.23. The number of halogens is 4. The summed E-state index contributed by atoms with van der Waals surface area (Å²) in [5, 5.41) is 0. The number of hydrogen-bond acceptors (Lipinski definition) is 2. The molecule has 1 aromatic carbocycles. The lowest BCUT2D eigenvalue weighted by Crippen LogP contribution is -2.29. The van der Waals surface area contributed by atoms with Crippen molar-refractivity contribution in [2.45, 2.75) is 38.3 Å². The Labute approximate surface area is 140 Å². The summed E-state index contributed by atoms with van der Waals surface area (Å²) in [4.78, 5) is 24.8. The van der Waals surface area contributed by atoms with Crippen LogP contribution in [-0.2, 0) is 22.2 Å². The van der Waals surface area contributed by atoms with Crippen molar-refractivity contribution in [3.05, 3.63) is 33.8 Å². The van der Waals surface area contributed by atoms with Crippen LogP contribution in [0.1, 0.15) is 36.8 Å². The lowest BCUT2D eigenvalue weighted by Gasteiger charge is -2.17. The molecule has 0 radical (unpaired) electrons. The Balaban J connectivity index is 1.86. The Bertz CT molecular complexity index is 622. The summed E-state index contributed by atoms with van der Waals surface area (Å²) in [7, 11) is 0. The number of rotatable bonds is 6. The second-order valence-corrected chi connectivity index (χ2v) is 7.27. The standard InChI is InChI=1S/C17H16BrF3O2/c18-14-6-5-12(17(19,20)21)7-11(14)8-13(15(22)9-1-2-9)16(23)10-3-4-10/h5-7,9-10,13H,1-4,8H2. The number of alkyl halides is 3. The van der Waals surface area contributed by atoms with E-state index in [0.717, 1.165) is 37.8 Å². The molecule has 124 valence electrons. The van der Waals surface area contributed by atoms with Crippen LogP contribution in [0.4, 0.5) is 13.2 Å². The van der Waals surface area contributed by atoms with Gasteiger partial charge >= 0.3 is 6.18 Å². The van der Waals surface area contributed by atoms with Crippen LogP contribution >= 0.6 is 15.9 Å². The van der Waals surface area contributed by atoms with Crippen LogP contribution in [0, 0.1) is 17.8 Å². The molecule has 0 heterocycles. The molecule has 0 N–H and O–H groups in total. The van der Waals surface area contributed by atoms with E-state index in [9.17, 15) is 22.8 Å². The highest BCUT2D eigenvalue weighted by Gasteiger charge is 2.43. The first kappa shape index (κ1) is 16.7. The van der Waals surface area contributed by atoms with Crippen molar-refractivity contribution in [2.24, 2.45) is 17.8 Å². The third kappa shape index (κ3) is 3.84. The first-order valence-corrected chi connectivity index (χ1v) is 8.49. The molecule has 0 bridgehead atoms. The van der Waals surface area contributed by atoms with Crippen LogP contribution in [0.2, 0.25) is 0 Å². The van der Waals surface area contributed by atoms with Gasteiger partial charge < -0.3 is 0 Å². The summed E-state index contributed by atoms with van der Waals surface area (Å²) < 4.78 is 39.1. The molecule has 0 aromatic heterocycles. The van der Waals surface area contributed by atoms with E-state index in [0.29, 0.717) is 10.0 Å². The Hall–Kier alpha value is -1.17. The number of benzene rings is 1. The van der Waals surface area contributed by atoms with Crippen molar-refractivity contribution in [1.29, 1.82) is 0 Å². The highest BCUT2D eigenvalue weighted by atomic mass is 79.9. The predicted molar refractivity (Wildman–Crippen MR) is 81.8 cm³/mol. The van der Waals surface area contributed by atoms with Crippen LogP contribution in [-0.4, -0.2) is 11.6 Å². The van der Waals surface area contributed by atoms with E-state index < -0.39 is 17.7 Å². The normalized spacial score (nSPS) is 18.3. The zero-order valence-corrected chi connectivity index (χ0v) is 13.9. The molecule has 0 amide bonds. The number of carbonyl (C=O) groups excluding carboxylic acids is 2. The maximum Gasteiger partial charge on any atom is 0.416 e. The molecule has 2 fully saturated rings. The zero-order valence-electron chi connectivity index (χ0n) is 12.3. The van der Waals surface area contributed by atoms with E-state index in [1.807, 2.05) is 0 Å². The molecule has 0 spiro atoms. The fraction of sp³-hybridized carbons (Fsp3) is 0.529. The molecule has 2 aliphatic rings. The van der Waals surface area contributed by atoms with Gasteiger partial charge in [0.25, 0.3) is 0 Å². The number of Topliss-reactive ketones (excluding diaryl/α,β-unsaturated/α-hetero) is 2. The molecular weight excluding hydrogens is 373 g/mol. The summed E-state index contributed by atoms with van der Waals surface area (Å²) in [5.41, 5.74) is -0.389. The fourth-order valence-corrected chi connectivity index (χ4v) is 3.18. The van der Waals surface area contributed by atoms with E-state index in [1.165, 1.54) is 6.07 Å². The van der Waals surface area contributed by atoms with Crippen molar-refractivity contribution in [3.63, 3.8) is 0 Å². The molecule has 2 saturated carbocycles. The Morgan fingerprint density at radius 3 is 2.04 bits per heavy atom. The monoisotopic (exact) mass is 388 g/mol. The molecule has 0 atom stereocenters. The van der Waals surface area contributed by atoms with Crippen molar-refractivity contribution in [2.75, 3.05) is 0 Å². The summed E-state index contributed by atoms with van der Waals surface area (Å²) >= 11 is 3.24. The van der Waals surface area contributed by atoms with Gasteiger partial charge in [0.15, 0.2) is 0 Å². The highest BCUT2D eigenvalue weighted by Crippen LogP contribution is 2.40. The maximum absolute atomic E-state index is 12.9. The molecule has 0 unspecified atom stereocenters. The van der Waals surface area contributed by atoms with Crippen LogP contribution in [0.25, 0.3) is 0 Å². The second-order valence-electron chi connectivity index (χ2n) is 6.41. The second kappa shape index (κ2) is 6.04. The largest absolute Gasteiger partial charge is 0.416 e. The summed E-state index contributed by atoms with van der Waals surface area (Å²) in [6.45, 7) is 0. The van der Waals surface area contributed by atoms with Gasteiger partial charge in [-0.3, -0.25) is 9.59 Å². The highest BCUT2D eigenvalue weighted by molar-refractivity contribution is 9.10. The van der Waals surface area contributed by atoms with Gasteiger partial charge in [0.1, 0.15) is 11.6 Å². The summed E-state index contributed by atoms with van der Waals surface area (Å²) in [6, 6.07) is 3.36. The van der Waals surface area contributed by atoms with Gasteiger partial charge in [-0.2, -0.15) is 13.2 Å². The lowest BCUT2D eigenvalue weighted by atomic mass is 9.86. The Morgan fingerprint density at radius 2 is 1.61 bits per heavy atom. The molecule has 1 aromatic rings. The topological polar surface area (TPSA) is 34.1 Å². The van der Waals surface area contributed by atoms with Gasteiger partial charge in [0.05, 0.1) is 11.5 Å². The summed E-state index contributed by atoms with van der Waals surface area (Å²) in [5.74, 6) is -1.13. The minimum Gasteiger partial charge on any atom is -0.299 e. The molecule has 2 aliphatic carbocycles. The van der Waals surface area contributed by atoms with Crippen molar-refractivity contribution in [1.82, 2.24) is 0 Å². The first-order valence-electron chi connectivity index (χ1n) is 7.70. The van der Waals surface area contributed by atoms with Crippen molar-refractivity contribution in [3.8, 4) is 0 Å². The van der Waals surface area contributed by atoms with Gasteiger partial charge in [-0.15, -0.1) is 0 Å². The molecule has 0 aliphatic heterocycles. The van der Waals surface area contributed by atoms with E-state index in [1.54, 1.807) is 0 Å². The van der Waals surface area contributed by atoms with E-state index >= 15 is 0 Å². The van der Waals surface area contributed by atoms with Crippen LogP contribution in [0.3, 0.4) is 0 Å². The Morgan fingerprint density at radius 1 is 1.09 bits per heavy atom. The minimum atomic E-state index is -4.44. The third-order valence-corrected chi connectivity index (χ3v) is 5.22. The predicted octanol–water partition coefficient (Wildman–Crippen LogP) is 4.58. The lowest BCUT2D eigenvalue weighted by molar-refractivity contribution is -0.137. The molecule has 0 saturated heterocycles. The van der Waals surface area contributed by atoms with Gasteiger partial charge in [-0.1, -0.05) is 15.9 Å². The van der Waals surface area contributed by atoms with Gasteiger partial charge in [-0.25, -0.2) is 0 Å². The Kier molecular flexibility index (Phi) is 4.38. The molecule has 6 heteroatoms. The zero-order chi connectivity index (χ0) is 16.8. The molecule has 2 nitrogen and oxygen atoms in total. The van der Waals surface area contributed by atoms with Crippen molar-refractivity contribution >= 4 is 27.5 Å². The van der Waals surface area contributed by atoms with E-state index in [4.69, 9.17) is 0 Å². The maximum atomic E-state index is 12.9. The number of hydrogen-bond donors (Lipinski definition) is 0. The van der Waals surface area contributed by atoms with Crippen LogP contribution in [0.15, 0.2) is 22.7 Å². The molecule has 23 heavy (non-hydrogen) atoms. The van der Waals surface area contributed by atoms with E-state index in [-0.39, 0.29) is 29.8 Å². The average Bonchev–Trinajstić information content (AvgIpc) is 3.37. The van der Waals surface area contributed by atoms with Gasteiger partial charge in [0.2, 0.25) is 0 Å². The number of carbonyl (C=O) groups is 2. The number of ketones is 2. The molecular formula is C17H16BrF3O2. The minimum absolute atomic E-state index is 0.0508. The van der Waals surface area contributed by atoms with Crippen LogP contribution < -0.4 is 0 Å². The van der Waals surface area contributed by atoms with Gasteiger partial charge in [0, 0.05) is 16.3 Å². The average molecular weight is 389 g/mol. The fourth-order valence-electron chi connectivity index (χ4n) is 2.77. The van der Waals surface area contributed by atoms with E-state index in [2.05, 4.69) is 15.9 Å². The molecule has 3 rings (SSSR count). The quantitative estimate of drug-likeness (QED) is 0.668. The smallest absolute Gasteiger partial charge is 0.299 e. The SMILES string of the molecule is O=C(C1CC1)C(Cc1cc(C(F)(F)F)ccc1Br)C(=O)C1CC1. The van der Waals surface area contributed by atoms with Crippen LogP contribution in [0.5, 0.6) is 0 Å². The first-order chi connectivity index (χ1) is 10.8. The van der Waals surface area contributed by atoms with Gasteiger partial charge in [-0.05, 0) is 55.9 Å². The third-order valence-electron chi connectivity index (χ3n) is 4.44. The van der Waals surface area contributed by atoms with Crippen molar-refractivity contribution < 1.29 is 22.8 Å².